The zero-order chi connectivity index (χ0) is 19.9. The van der Waals surface area contributed by atoms with E-state index in [4.69, 9.17) is 14.2 Å². The number of piperidine rings is 1. The molecule has 0 N–H and O–H groups in total. The number of carbonyl (C=O) groups excluding carboxylic acids is 1. The van der Waals surface area contributed by atoms with Gasteiger partial charge in [0.2, 0.25) is 0 Å². The lowest BCUT2D eigenvalue weighted by atomic mass is 9.83. The predicted octanol–water partition coefficient (Wildman–Crippen LogP) is 4.14. The smallest absolute Gasteiger partial charge is 0.254 e. The van der Waals surface area contributed by atoms with Crippen molar-refractivity contribution in [2.24, 2.45) is 0 Å². The monoisotopic (exact) mass is 415 g/mol. The second-order valence-electron chi connectivity index (χ2n) is 7.86. The number of rotatable bonds is 7. The minimum atomic E-state index is -0.140. The van der Waals surface area contributed by atoms with Crippen LogP contribution in [0.4, 0.5) is 0 Å². The molecule has 1 amide bonds. The number of hydrogen-bond donors (Lipinski definition) is 0. The van der Waals surface area contributed by atoms with Gasteiger partial charge in [0.1, 0.15) is 0 Å². The fraction of sp³-hybridized carbons (Fsp3) is 0.522. The Morgan fingerprint density at radius 2 is 2.00 bits per heavy atom. The van der Waals surface area contributed by atoms with Crippen molar-refractivity contribution < 1.29 is 19.0 Å². The van der Waals surface area contributed by atoms with Crippen LogP contribution >= 0.6 is 11.3 Å². The van der Waals surface area contributed by atoms with E-state index in [1.165, 1.54) is 5.56 Å². The Bertz CT molecular complexity index is 756. The minimum absolute atomic E-state index is 0.139. The number of nitrogens with zero attached hydrogens (tertiary/aromatic N) is 1. The number of carbonyl (C=O) groups is 1. The molecular weight excluding hydrogens is 386 g/mol. The lowest BCUT2D eigenvalue weighted by Crippen LogP contribution is -2.52. The molecule has 1 spiro atoms. The second-order valence-corrected chi connectivity index (χ2v) is 8.64. The highest BCUT2D eigenvalue weighted by atomic mass is 32.1. The molecule has 0 aliphatic carbocycles. The molecule has 29 heavy (non-hydrogen) atoms. The summed E-state index contributed by atoms with van der Waals surface area (Å²) in [5.74, 6) is 0.139. The van der Waals surface area contributed by atoms with E-state index >= 15 is 0 Å². The number of hydrogen-bond acceptors (Lipinski definition) is 5. The van der Waals surface area contributed by atoms with Crippen LogP contribution in [0.2, 0.25) is 0 Å². The van der Waals surface area contributed by atoms with Gasteiger partial charge in [0.15, 0.2) is 0 Å². The quantitative estimate of drug-likeness (QED) is 0.638. The maximum absolute atomic E-state index is 12.6. The maximum atomic E-state index is 12.6. The lowest BCUT2D eigenvalue weighted by molar-refractivity contribution is -0.155. The highest BCUT2D eigenvalue weighted by Gasteiger charge is 2.41. The van der Waals surface area contributed by atoms with Gasteiger partial charge >= 0.3 is 0 Å². The molecule has 156 valence electrons. The molecule has 0 saturated carbocycles. The van der Waals surface area contributed by atoms with Crippen LogP contribution in [0, 0.1) is 0 Å². The van der Waals surface area contributed by atoms with E-state index in [-0.39, 0.29) is 17.6 Å². The average Bonchev–Trinajstić information content (AvgIpc) is 3.30. The summed E-state index contributed by atoms with van der Waals surface area (Å²) in [5.41, 5.74) is 1.84. The molecule has 2 saturated heterocycles. The first kappa shape index (κ1) is 20.5. The van der Waals surface area contributed by atoms with Crippen LogP contribution in [0.3, 0.4) is 0 Å². The van der Waals surface area contributed by atoms with Crippen molar-refractivity contribution in [1.82, 2.24) is 4.90 Å². The molecule has 2 fully saturated rings. The zero-order valence-corrected chi connectivity index (χ0v) is 17.6. The predicted molar refractivity (Wildman–Crippen MR) is 113 cm³/mol. The molecule has 2 aromatic rings. The normalized spacial score (nSPS) is 21.4. The Hall–Kier alpha value is -1.73. The van der Waals surface area contributed by atoms with E-state index in [1.54, 1.807) is 11.3 Å². The van der Waals surface area contributed by atoms with E-state index in [1.807, 2.05) is 39.9 Å². The van der Waals surface area contributed by atoms with Gasteiger partial charge < -0.3 is 19.1 Å². The molecule has 6 heteroatoms. The molecule has 4 rings (SSSR count). The number of amides is 1. The van der Waals surface area contributed by atoms with Crippen LogP contribution in [-0.2, 0) is 20.8 Å². The first-order valence-electron chi connectivity index (χ1n) is 10.4. The third-order valence-electron chi connectivity index (χ3n) is 5.87. The van der Waals surface area contributed by atoms with Gasteiger partial charge in [0.05, 0.1) is 37.1 Å². The van der Waals surface area contributed by atoms with Crippen molar-refractivity contribution in [1.29, 1.82) is 0 Å². The maximum Gasteiger partial charge on any atom is 0.254 e. The summed E-state index contributed by atoms with van der Waals surface area (Å²) >= 11 is 1.56. The molecule has 1 unspecified atom stereocenters. The molecule has 1 aromatic heterocycles. The number of likely N-dealkylation sites (tertiary alicyclic amines) is 1. The fourth-order valence-electron chi connectivity index (χ4n) is 4.20. The van der Waals surface area contributed by atoms with Crippen LogP contribution in [0.25, 0.3) is 0 Å². The highest BCUT2D eigenvalue weighted by molar-refractivity contribution is 7.08. The Labute approximate surface area is 176 Å². The summed E-state index contributed by atoms with van der Waals surface area (Å²) in [5, 5.41) is 3.88. The minimum Gasteiger partial charge on any atom is -0.376 e. The van der Waals surface area contributed by atoms with Gasteiger partial charge in [-0.25, -0.2) is 0 Å². The Kier molecular flexibility index (Phi) is 6.98. The number of thiophene rings is 1. The lowest BCUT2D eigenvalue weighted by Gasteiger charge is -2.46. The molecule has 1 atom stereocenters. The molecular formula is C23H29NO4S. The van der Waals surface area contributed by atoms with E-state index in [0.717, 1.165) is 50.9 Å². The average molecular weight is 416 g/mol. The van der Waals surface area contributed by atoms with Crippen molar-refractivity contribution in [3.05, 3.63) is 58.3 Å². The third kappa shape index (κ3) is 5.45. The van der Waals surface area contributed by atoms with Crippen LogP contribution in [0.15, 0.2) is 47.2 Å². The summed E-state index contributed by atoms with van der Waals surface area (Å²) < 4.78 is 18.0. The topological polar surface area (TPSA) is 48.0 Å². The Balaban J connectivity index is 1.18. The van der Waals surface area contributed by atoms with E-state index in [2.05, 4.69) is 12.1 Å². The van der Waals surface area contributed by atoms with Gasteiger partial charge in [-0.1, -0.05) is 30.3 Å². The van der Waals surface area contributed by atoms with Crippen molar-refractivity contribution in [3.8, 4) is 0 Å². The summed E-state index contributed by atoms with van der Waals surface area (Å²) in [6, 6.07) is 12.1. The Morgan fingerprint density at radius 3 is 2.76 bits per heavy atom. The van der Waals surface area contributed by atoms with Crippen LogP contribution in [0.5, 0.6) is 0 Å². The standard InChI is InChI=1S/C23H29NO4S/c25-22(20-7-15-29-18-20)24-10-8-23(9-11-24)16-21(6-12-28-23)27-14-13-26-17-19-4-2-1-3-5-19/h1-5,7,15,18,21H,6,8-14,16-17H2. The van der Waals surface area contributed by atoms with E-state index < -0.39 is 0 Å². The van der Waals surface area contributed by atoms with Gasteiger partial charge in [-0.2, -0.15) is 11.3 Å². The SMILES string of the molecule is O=C(c1ccsc1)N1CCC2(CC1)CC(OCCOCc1ccccc1)CCO2. The van der Waals surface area contributed by atoms with Crippen LogP contribution in [-0.4, -0.2) is 55.4 Å². The molecule has 0 bridgehead atoms. The fourth-order valence-corrected chi connectivity index (χ4v) is 4.83. The zero-order valence-electron chi connectivity index (χ0n) is 16.8. The first-order valence-corrected chi connectivity index (χ1v) is 11.4. The van der Waals surface area contributed by atoms with Crippen LogP contribution < -0.4 is 0 Å². The second kappa shape index (κ2) is 9.85. The first-order chi connectivity index (χ1) is 14.2. The molecule has 3 heterocycles. The van der Waals surface area contributed by atoms with Crippen molar-refractivity contribution >= 4 is 17.2 Å². The summed E-state index contributed by atoms with van der Waals surface area (Å²) in [4.78, 5) is 14.5. The number of ether oxygens (including phenoxy) is 3. The highest BCUT2D eigenvalue weighted by Crippen LogP contribution is 2.36. The van der Waals surface area contributed by atoms with Gasteiger partial charge in [0, 0.05) is 31.5 Å². The van der Waals surface area contributed by atoms with Gasteiger partial charge in [-0.3, -0.25) is 4.79 Å². The largest absolute Gasteiger partial charge is 0.376 e. The molecule has 2 aliphatic rings. The molecule has 1 aromatic carbocycles. The van der Waals surface area contributed by atoms with Crippen LogP contribution in [0.1, 0.15) is 41.6 Å². The summed E-state index contributed by atoms with van der Waals surface area (Å²) in [7, 11) is 0. The van der Waals surface area contributed by atoms with E-state index in [9.17, 15) is 4.79 Å². The van der Waals surface area contributed by atoms with Crippen molar-refractivity contribution in [2.75, 3.05) is 32.9 Å². The molecule has 2 aliphatic heterocycles. The summed E-state index contributed by atoms with van der Waals surface area (Å²) in [6.45, 7) is 4.06. The van der Waals surface area contributed by atoms with Gasteiger partial charge in [0.25, 0.3) is 5.91 Å². The number of benzene rings is 1. The van der Waals surface area contributed by atoms with Gasteiger partial charge in [-0.15, -0.1) is 0 Å². The van der Waals surface area contributed by atoms with E-state index in [0.29, 0.717) is 19.8 Å². The van der Waals surface area contributed by atoms with Crippen molar-refractivity contribution in [3.63, 3.8) is 0 Å². The summed E-state index contributed by atoms with van der Waals surface area (Å²) in [6.07, 6.45) is 3.81. The Morgan fingerprint density at radius 1 is 1.17 bits per heavy atom. The third-order valence-corrected chi connectivity index (χ3v) is 6.55. The molecule has 0 radical (unpaired) electrons. The molecule has 5 nitrogen and oxygen atoms in total. The van der Waals surface area contributed by atoms with Gasteiger partial charge in [-0.05, 0) is 36.3 Å². The van der Waals surface area contributed by atoms with Crippen molar-refractivity contribution in [2.45, 2.75) is 44.0 Å².